The van der Waals surface area contributed by atoms with Crippen LogP contribution < -0.4 is 15.4 Å². The van der Waals surface area contributed by atoms with Crippen molar-refractivity contribution in [3.63, 3.8) is 0 Å². The van der Waals surface area contributed by atoms with Gasteiger partial charge in [-0.3, -0.25) is 0 Å². The normalized spacial score (nSPS) is 10.9. The Bertz CT molecular complexity index is 1040. The average molecular weight is 427 g/mol. The summed E-state index contributed by atoms with van der Waals surface area (Å²) >= 11 is 0. The molecule has 0 bridgehead atoms. The van der Waals surface area contributed by atoms with E-state index in [9.17, 15) is 13.2 Å². The molecule has 0 spiro atoms. The predicted molar refractivity (Wildman–Crippen MR) is 112 cm³/mol. The number of halogens is 3. The van der Waals surface area contributed by atoms with Gasteiger partial charge in [-0.2, -0.15) is 23.4 Å². The summed E-state index contributed by atoms with van der Waals surface area (Å²) in [6.07, 6.45) is -1.92. The highest BCUT2D eigenvalue weighted by molar-refractivity contribution is 5.63. The second kappa shape index (κ2) is 9.80. The molecule has 3 aromatic rings. The van der Waals surface area contributed by atoms with Crippen molar-refractivity contribution < 1.29 is 17.9 Å². The fourth-order valence-corrected chi connectivity index (χ4v) is 2.61. The lowest BCUT2D eigenvalue weighted by atomic mass is 10.2. The van der Waals surface area contributed by atoms with E-state index in [4.69, 9.17) is 10.00 Å². The van der Waals surface area contributed by atoms with Crippen LogP contribution in [0.25, 0.3) is 0 Å². The van der Waals surface area contributed by atoms with Crippen LogP contribution in [0.4, 0.5) is 36.3 Å². The van der Waals surface area contributed by atoms with Gasteiger partial charge in [0.25, 0.3) is 0 Å². The van der Waals surface area contributed by atoms with Crippen molar-refractivity contribution in [2.24, 2.45) is 0 Å². The summed E-state index contributed by atoms with van der Waals surface area (Å²) in [4.78, 5) is 7.80. The highest BCUT2D eigenvalue weighted by Crippen LogP contribution is 2.35. The summed E-state index contributed by atoms with van der Waals surface area (Å²) in [7, 11) is 0. The van der Waals surface area contributed by atoms with Crippen molar-refractivity contribution in [3.8, 4) is 11.8 Å². The van der Waals surface area contributed by atoms with Gasteiger partial charge >= 0.3 is 6.18 Å². The summed E-state index contributed by atoms with van der Waals surface area (Å²) in [6.45, 7) is 2.70. The molecule has 0 aliphatic heterocycles. The molecular formula is C22H20F3N5O. The lowest BCUT2D eigenvalue weighted by Gasteiger charge is -2.15. The number of rotatable bonds is 8. The smallest absolute Gasteiger partial charge is 0.421 e. The maximum Gasteiger partial charge on any atom is 0.421 e. The molecule has 0 aliphatic carbocycles. The first-order valence-electron chi connectivity index (χ1n) is 9.60. The third kappa shape index (κ3) is 6.09. The van der Waals surface area contributed by atoms with Crippen LogP contribution in [0, 0.1) is 11.3 Å². The lowest BCUT2D eigenvalue weighted by Crippen LogP contribution is -2.12. The van der Waals surface area contributed by atoms with Gasteiger partial charge in [0.1, 0.15) is 17.1 Å². The summed E-state index contributed by atoms with van der Waals surface area (Å²) in [5.74, 6) is 0.313. The van der Waals surface area contributed by atoms with Crippen LogP contribution in [-0.4, -0.2) is 16.6 Å². The maximum atomic E-state index is 13.4. The zero-order valence-corrected chi connectivity index (χ0v) is 16.7. The molecule has 31 heavy (non-hydrogen) atoms. The molecule has 0 saturated carbocycles. The van der Waals surface area contributed by atoms with E-state index < -0.39 is 17.6 Å². The van der Waals surface area contributed by atoms with E-state index in [2.05, 4.69) is 27.5 Å². The number of alkyl halides is 3. The number of nitrogens with one attached hydrogen (secondary N) is 2. The maximum absolute atomic E-state index is 13.4. The Morgan fingerprint density at radius 3 is 2.26 bits per heavy atom. The quantitative estimate of drug-likeness (QED) is 0.427. The number of nitrogens with zero attached hydrogens (tertiary/aromatic N) is 3. The number of nitriles is 1. The van der Waals surface area contributed by atoms with Gasteiger partial charge < -0.3 is 15.4 Å². The predicted octanol–water partition coefficient (Wildman–Crippen LogP) is 6.03. The van der Waals surface area contributed by atoms with Gasteiger partial charge in [-0.05, 0) is 55.0 Å². The van der Waals surface area contributed by atoms with Crippen LogP contribution in [0.1, 0.15) is 30.9 Å². The summed E-state index contributed by atoms with van der Waals surface area (Å²) < 4.78 is 45.8. The number of unbranched alkanes of at least 4 members (excludes halogenated alkanes) is 1. The zero-order chi connectivity index (χ0) is 22.3. The van der Waals surface area contributed by atoms with Crippen molar-refractivity contribution in [3.05, 3.63) is 65.9 Å². The SMILES string of the molecule is CCCCOc1ccc(Nc2ncc(C(F)(F)F)c(Nc3ccc(C#N)cc3)n2)cc1. The van der Waals surface area contributed by atoms with Gasteiger partial charge in [0, 0.05) is 17.6 Å². The minimum Gasteiger partial charge on any atom is -0.494 e. The first-order valence-corrected chi connectivity index (χ1v) is 9.60. The zero-order valence-electron chi connectivity index (χ0n) is 16.7. The number of ether oxygens (including phenoxy) is 1. The molecule has 0 fully saturated rings. The third-order valence-corrected chi connectivity index (χ3v) is 4.25. The molecule has 0 radical (unpaired) electrons. The van der Waals surface area contributed by atoms with Crippen LogP contribution in [0.5, 0.6) is 5.75 Å². The number of hydrogen-bond acceptors (Lipinski definition) is 6. The molecule has 0 aliphatic rings. The molecule has 3 rings (SSSR count). The van der Waals surface area contributed by atoms with Gasteiger partial charge in [0.15, 0.2) is 0 Å². The summed E-state index contributed by atoms with van der Waals surface area (Å²) in [5.41, 5.74) is 0.366. The van der Waals surface area contributed by atoms with Crippen molar-refractivity contribution >= 4 is 23.1 Å². The van der Waals surface area contributed by atoms with E-state index >= 15 is 0 Å². The van der Waals surface area contributed by atoms with Gasteiger partial charge in [-0.1, -0.05) is 13.3 Å². The monoisotopic (exact) mass is 427 g/mol. The van der Waals surface area contributed by atoms with E-state index in [1.165, 1.54) is 24.3 Å². The van der Waals surface area contributed by atoms with Gasteiger partial charge in [0.05, 0.1) is 18.2 Å². The molecule has 2 aromatic carbocycles. The Morgan fingerprint density at radius 2 is 1.65 bits per heavy atom. The molecule has 0 atom stereocenters. The van der Waals surface area contributed by atoms with Crippen LogP contribution in [0.2, 0.25) is 0 Å². The van der Waals surface area contributed by atoms with E-state index in [0.29, 0.717) is 29.3 Å². The number of benzene rings is 2. The molecule has 0 saturated heterocycles. The fourth-order valence-electron chi connectivity index (χ4n) is 2.61. The highest BCUT2D eigenvalue weighted by Gasteiger charge is 2.35. The second-order valence-electron chi connectivity index (χ2n) is 6.62. The molecule has 160 valence electrons. The van der Waals surface area contributed by atoms with Gasteiger partial charge in [-0.25, -0.2) is 4.98 Å². The van der Waals surface area contributed by atoms with Crippen molar-refractivity contribution in [2.75, 3.05) is 17.2 Å². The van der Waals surface area contributed by atoms with Crippen LogP contribution >= 0.6 is 0 Å². The van der Waals surface area contributed by atoms with Crippen molar-refractivity contribution in [1.82, 2.24) is 9.97 Å². The van der Waals surface area contributed by atoms with Gasteiger partial charge in [-0.15, -0.1) is 0 Å². The van der Waals surface area contributed by atoms with E-state index in [-0.39, 0.29) is 5.95 Å². The topological polar surface area (TPSA) is 82.9 Å². The van der Waals surface area contributed by atoms with Crippen molar-refractivity contribution in [2.45, 2.75) is 25.9 Å². The van der Waals surface area contributed by atoms with Crippen molar-refractivity contribution in [1.29, 1.82) is 5.26 Å². The molecule has 1 aromatic heterocycles. The minimum absolute atomic E-state index is 0.00352. The summed E-state index contributed by atoms with van der Waals surface area (Å²) in [5, 5.41) is 14.4. The average Bonchev–Trinajstić information content (AvgIpc) is 2.75. The Balaban J connectivity index is 1.80. The van der Waals surface area contributed by atoms with Crippen LogP contribution in [0.3, 0.4) is 0 Å². The Morgan fingerprint density at radius 1 is 1.00 bits per heavy atom. The number of anilines is 4. The van der Waals surface area contributed by atoms with Crippen LogP contribution in [-0.2, 0) is 6.18 Å². The molecule has 0 amide bonds. The molecule has 0 unspecified atom stereocenters. The highest BCUT2D eigenvalue weighted by atomic mass is 19.4. The third-order valence-electron chi connectivity index (χ3n) is 4.25. The molecular weight excluding hydrogens is 407 g/mol. The minimum atomic E-state index is -4.63. The molecule has 6 nitrogen and oxygen atoms in total. The standard InChI is InChI=1S/C22H20F3N5O/c1-2-3-12-31-18-10-8-17(9-11-18)29-21-27-14-19(22(23,24)25)20(30-21)28-16-6-4-15(13-26)5-7-16/h4-11,14H,2-3,12H2,1H3,(H2,27,28,29,30). The first kappa shape index (κ1) is 21.9. The fraction of sp³-hybridized carbons (Fsp3) is 0.227. The summed E-state index contributed by atoms with van der Waals surface area (Å²) in [6, 6.07) is 15.0. The lowest BCUT2D eigenvalue weighted by molar-refractivity contribution is -0.137. The first-order chi connectivity index (χ1) is 14.9. The number of hydrogen-bond donors (Lipinski definition) is 2. The Kier molecular flexibility index (Phi) is 6.92. The number of aromatic nitrogens is 2. The Labute approximate surface area is 177 Å². The van der Waals surface area contributed by atoms with E-state index in [1.54, 1.807) is 24.3 Å². The largest absolute Gasteiger partial charge is 0.494 e. The van der Waals surface area contributed by atoms with Crippen LogP contribution in [0.15, 0.2) is 54.7 Å². The Hall–Kier alpha value is -3.80. The molecule has 1 heterocycles. The molecule has 9 heteroatoms. The second-order valence-corrected chi connectivity index (χ2v) is 6.62. The van der Waals surface area contributed by atoms with E-state index in [0.717, 1.165) is 19.0 Å². The molecule has 2 N–H and O–H groups in total. The van der Waals surface area contributed by atoms with Gasteiger partial charge in [0.2, 0.25) is 5.95 Å². The van der Waals surface area contributed by atoms with E-state index in [1.807, 2.05) is 6.07 Å².